The van der Waals surface area contributed by atoms with Crippen molar-refractivity contribution in [2.75, 3.05) is 12.4 Å². The van der Waals surface area contributed by atoms with Crippen LogP contribution >= 0.6 is 0 Å². The fraction of sp³-hybridized carbons (Fsp3) is 0.417. The highest BCUT2D eigenvalue weighted by Crippen LogP contribution is 2.54. The van der Waals surface area contributed by atoms with Gasteiger partial charge in [-0.1, -0.05) is 0 Å². The van der Waals surface area contributed by atoms with Gasteiger partial charge in [0.1, 0.15) is 11.4 Å². The molecular weight excluding hydrogens is 491 g/mol. The number of hydrogen-bond donors (Lipinski definition) is 5. The number of aromatic nitrogens is 2. The van der Waals surface area contributed by atoms with Crippen molar-refractivity contribution in [1.29, 1.82) is 0 Å². The Labute approximate surface area is 209 Å². The van der Waals surface area contributed by atoms with Gasteiger partial charge in [-0.25, -0.2) is 13.2 Å². The molecule has 196 valence electrons. The quantitative estimate of drug-likeness (QED) is 0.148. The summed E-state index contributed by atoms with van der Waals surface area (Å²) in [5.41, 5.74) is 1.88. The SMILES string of the molecule is CNC(=CNN)C1(NC(=O)C(=O)c2c(C)c(C(=O)Nc3ccnc(C(F)F)c3F)n3c2CC2CC23)CC1. The Hall–Kier alpha value is -3.87. The zero-order chi connectivity index (χ0) is 26.6. The molecule has 3 heterocycles. The molecule has 0 bridgehead atoms. The lowest BCUT2D eigenvalue weighted by atomic mass is 10.0. The van der Waals surface area contributed by atoms with E-state index in [0.717, 1.165) is 18.7 Å². The van der Waals surface area contributed by atoms with Crippen LogP contribution in [0.25, 0.3) is 0 Å². The lowest BCUT2D eigenvalue weighted by Gasteiger charge is -2.20. The molecule has 37 heavy (non-hydrogen) atoms. The second-order valence-electron chi connectivity index (χ2n) is 9.59. The topological polar surface area (TPSA) is 143 Å². The molecule has 0 spiro atoms. The minimum absolute atomic E-state index is 0.0118. The van der Waals surface area contributed by atoms with E-state index in [0.29, 0.717) is 30.7 Å². The minimum Gasteiger partial charge on any atom is -0.388 e. The molecule has 13 heteroatoms. The van der Waals surface area contributed by atoms with Crippen LogP contribution in [-0.4, -0.2) is 39.7 Å². The number of rotatable bonds is 9. The van der Waals surface area contributed by atoms with Crippen LogP contribution < -0.4 is 27.2 Å². The van der Waals surface area contributed by atoms with Gasteiger partial charge in [-0.3, -0.25) is 25.2 Å². The van der Waals surface area contributed by atoms with Gasteiger partial charge in [0.15, 0.2) is 5.82 Å². The van der Waals surface area contributed by atoms with E-state index >= 15 is 0 Å². The average Bonchev–Trinajstić information content (AvgIpc) is 3.75. The molecule has 2 aliphatic carbocycles. The Morgan fingerprint density at radius 1 is 1.30 bits per heavy atom. The van der Waals surface area contributed by atoms with Gasteiger partial charge in [-0.15, -0.1) is 0 Å². The monoisotopic (exact) mass is 517 g/mol. The van der Waals surface area contributed by atoms with Crippen molar-refractivity contribution >= 4 is 23.3 Å². The predicted molar refractivity (Wildman–Crippen MR) is 126 cm³/mol. The molecule has 3 aliphatic rings. The highest BCUT2D eigenvalue weighted by molar-refractivity contribution is 6.44. The summed E-state index contributed by atoms with van der Waals surface area (Å²) in [6.45, 7) is 1.55. The first-order valence-corrected chi connectivity index (χ1v) is 11.8. The van der Waals surface area contributed by atoms with Gasteiger partial charge in [-0.2, -0.15) is 0 Å². The van der Waals surface area contributed by atoms with Gasteiger partial charge in [0.2, 0.25) is 0 Å². The van der Waals surface area contributed by atoms with Gasteiger partial charge in [0.25, 0.3) is 24.0 Å². The number of fused-ring (bicyclic) bond motifs is 3. The summed E-state index contributed by atoms with van der Waals surface area (Å²) in [6, 6.07) is 1.07. The van der Waals surface area contributed by atoms with E-state index in [2.05, 4.69) is 26.4 Å². The van der Waals surface area contributed by atoms with E-state index in [-0.39, 0.29) is 28.8 Å². The molecular formula is C24H26F3N7O3. The van der Waals surface area contributed by atoms with E-state index in [1.165, 1.54) is 6.20 Å². The molecule has 6 N–H and O–H groups in total. The predicted octanol–water partition coefficient (Wildman–Crippen LogP) is 1.99. The van der Waals surface area contributed by atoms with Gasteiger partial charge >= 0.3 is 0 Å². The van der Waals surface area contributed by atoms with E-state index in [1.54, 1.807) is 18.5 Å². The van der Waals surface area contributed by atoms with Crippen molar-refractivity contribution in [1.82, 2.24) is 25.6 Å². The number of Topliss-reactive ketones (excluding diaryl/α,β-unsaturated/α-hetero) is 1. The number of pyridine rings is 1. The largest absolute Gasteiger partial charge is 0.388 e. The third-order valence-electron chi connectivity index (χ3n) is 7.36. The summed E-state index contributed by atoms with van der Waals surface area (Å²) in [5.74, 6) is 1.93. The standard InChI is InChI=1S/C24H26F3N7O3/c1-10-16(20(35)23(37)33-24(4-5-24)15(29-2)9-31-28)14-8-11-7-13(11)34(14)19(10)22(36)32-12-3-6-30-18(17(12)25)21(26)27/h3,6,9,11,13,21,29,31H,4-5,7-8,28H2,1-2H3,(H,33,37)(H,30,32,36). The van der Waals surface area contributed by atoms with Crippen molar-refractivity contribution in [3.63, 3.8) is 0 Å². The number of carbonyl (C=O) groups excluding carboxylic acids is 3. The van der Waals surface area contributed by atoms with Gasteiger partial charge in [0.05, 0.1) is 22.5 Å². The third kappa shape index (κ3) is 4.02. The van der Waals surface area contributed by atoms with Gasteiger partial charge in [-0.05, 0) is 50.2 Å². The Morgan fingerprint density at radius 2 is 2.03 bits per heavy atom. The lowest BCUT2D eigenvalue weighted by molar-refractivity contribution is -0.117. The number of carbonyl (C=O) groups is 3. The number of hydrazine groups is 1. The number of nitrogens with one attached hydrogen (secondary N) is 4. The summed E-state index contributed by atoms with van der Waals surface area (Å²) in [6.07, 6.45) is 1.90. The molecule has 2 amide bonds. The maximum Gasteiger partial charge on any atom is 0.293 e. The smallest absolute Gasteiger partial charge is 0.293 e. The van der Waals surface area contributed by atoms with Gasteiger partial charge in [0, 0.05) is 31.2 Å². The molecule has 2 unspecified atom stereocenters. The number of hydrogen-bond acceptors (Lipinski definition) is 7. The zero-order valence-corrected chi connectivity index (χ0v) is 20.1. The molecule has 5 rings (SSSR count). The van der Waals surface area contributed by atoms with E-state index in [4.69, 9.17) is 5.84 Å². The Kier molecular flexibility index (Phi) is 5.97. The fourth-order valence-electron chi connectivity index (χ4n) is 5.33. The molecule has 2 saturated carbocycles. The van der Waals surface area contributed by atoms with E-state index in [9.17, 15) is 27.6 Å². The summed E-state index contributed by atoms with van der Waals surface area (Å²) < 4.78 is 42.4. The number of nitrogens with two attached hydrogens (primary N) is 1. The summed E-state index contributed by atoms with van der Waals surface area (Å²) in [7, 11) is 1.68. The Bertz CT molecular complexity index is 1350. The van der Waals surface area contributed by atoms with Crippen LogP contribution in [0.15, 0.2) is 24.2 Å². The van der Waals surface area contributed by atoms with Crippen molar-refractivity contribution in [3.8, 4) is 0 Å². The van der Waals surface area contributed by atoms with Crippen molar-refractivity contribution in [2.45, 2.75) is 50.6 Å². The maximum atomic E-state index is 14.5. The van der Waals surface area contributed by atoms with Crippen molar-refractivity contribution in [2.24, 2.45) is 11.8 Å². The van der Waals surface area contributed by atoms with Gasteiger partial charge < -0.3 is 25.9 Å². The van der Waals surface area contributed by atoms with E-state index in [1.807, 2.05) is 0 Å². The van der Waals surface area contributed by atoms with Crippen LogP contribution in [0, 0.1) is 18.7 Å². The van der Waals surface area contributed by atoms with Crippen LogP contribution in [0.2, 0.25) is 0 Å². The Balaban J connectivity index is 1.45. The number of ketones is 1. The van der Waals surface area contributed by atoms with E-state index < -0.39 is 46.8 Å². The number of nitrogens with zero attached hydrogens (tertiary/aromatic N) is 2. The fourth-order valence-corrected chi connectivity index (χ4v) is 5.33. The first-order chi connectivity index (χ1) is 17.6. The molecule has 2 aromatic rings. The third-order valence-corrected chi connectivity index (χ3v) is 7.36. The second kappa shape index (κ2) is 8.91. The van der Waals surface area contributed by atoms with Crippen LogP contribution in [-0.2, 0) is 11.2 Å². The summed E-state index contributed by atoms with van der Waals surface area (Å²) in [5, 5.41) is 8.10. The number of anilines is 1. The molecule has 2 aromatic heterocycles. The highest BCUT2D eigenvalue weighted by Gasteiger charge is 2.52. The first-order valence-electron chi connectivity index (χ1n) is 11.8. The molecule has 2 fully saturated rings. The van der Waals surface area contributed by atoms with Crippen molar-refractivity contribution < 1.29 is 27.6 Å². The molecule has 0 radical (unpaired) electrons. The summed E-state index contributed by atoms with van der Waals surface area (Å²) in [4.78, 5) is 43.1. The van der Waals surface area contributed by atoms with Crippen LogP contribution in [0.4, 0.5) is 18.9 Å². The molecule has 1 aliphatic heterocycles. The lowest BCUT2D eigenvalue weighted by Crippen LogP contribution is -2.45. The molecule has 10 nitrogen and oxygen atoms in total. The second-order valence-corrected chi connectivity index (χ2v) is 9.59. The number of halogens is 3. The normalized spacial score (nSPS) is 20.7. The highest BCUT2D eigenvalue weighted by atomic mass is 19.3. The first kappa shape index (κ1) is 24.8. The summed E-state index contributed by atoms with van der Waals surface area (Å²) >= 11 is 0. The number of likely N-dealkylation sites (N-methyl/N-ethyl adjacent to an activating group) is 1. The average molecular weight is 518 g/mol. The van der Waals surface area contributed by atoms with Crippen LogP contribution in [0.1, 0.15) is 69.5 Å². The van der Waals surface area contributed by atoms with Crippen LogP contribution in [0.3, 0.4) is 0 Å². The zero-order valence-electron chi connectivity index (χ0n) is 20.1. The minimum atomic E-state index is -3.15. The number of amides is 2. The van der Waals surface area contributed by atoms with Crippen molar-refractivity contribution in [3.05, 3.63) is 58.2 Å². The Morgan fingerprint density at radius 3 is 2.65 bits per heavy atom. The molecule has 0 saturated heterocycles. The van der Waals surface area contributed by atoms with Crippen LogP contribution in [0.5, 0.6) is 0 Å². The molecule has 2 atom stereocenters. The number of alkyl halides is 2. The molecule has 0 aromatic carbocycles. The maximum absolute atomic E-state index is 14.5.